The standard InChI is InChI=1S/C18H25N5O2/c1-11-6-14(24-2)7-13(19-11)9-23-10-15(25-3)8-16(23)18-20-17(21-22-18)12-4-5-12/h6-7,12,15-16H,4-5,8-10H2,1-3H3,(H,20,21,22)/t15-,16+/m1/s1. The Morgan fingerprint density at radius 2 is 2.08 bits per heavy atom. The summed E-state index contributed by atoms with van der Waals surface area (Å²) in [7, 11) is 3.46. The molecule has 2 aromatic rings. The quantitative estimate of drug-likeness (QED) is 0.868. The lowest BCUT2D eigenvalue weighted by molar-refractivity contribution is 0.107. The van der Waals surface area contributed by atoms with Gasteiger partial charge in [-0.15, -0.1) is 0 Å². The lowest BCUT2D eigenvalue weighted by Crippen LogP contribution is -2.26. The Hall–Kier alpha value is -1.99. The Morgan fingerprint density at radius 1 is 1.24 bits per heavy atom. The third kappa shape index (κ3) is 3.52. The Bertz CT molecular complexity index is 743. The van der Waals surface area contributed by atoms with Crippen molar-refractivity contribution in [1.82, 2.24) is 25.1 Å². The normalized spacial score (nSPS) is 24.0. The number of aryl methyl sites for hydroxylation is 1. The molecule has 2 aliphatic rings. The first kappa shape index (κ1) is 16.5. The van der Waals surface area contributed by atoms with Crippen molar-refractivity contribution in [3.8, 4) is 5.75 Å². The zero-order chi connectivity index (χ0) is 17.4. The molecule has 2 fully saturated rings. The predicted molar refractivity (Wildman–Crippen MR) is 92.4 cm³/mol. The highest BCUT2D eigenvalue weighted by molar-refractivity contribution is 5.27. The second-order valence-corrected chi connectivity index (χ2v) is 7.03. The maximum absolute atomic E-state index is 5.62. The van der Waals surface area contributed by atoms with Crippen LogP contribution in [0, 0.1) is 6.92 Å². The van der Waals surface area contributed by atoms with E-state index in [1.54, 1.807) is 14.2 Å². The Morgan fingerprint density at radius 3 is 2.80 bits per heavy atom. The van der Waals surface area contributed by atoms with Gasteiger partial charge >= 0.3 is 0 Å². The van der Waals surface area contributed by atoms with E-state index in [-0.39, 0.29) is 12.1 Å². The summed E-state index contributed by atoms with van der Waals surface area (Å²) >= 11 is 0. The molecule has 7 heteroatoms. The van der Waals surface area contributed by atoms with Crippen LogP contribution < -0.4 is 4.74 Å². The first-order chi connectivity index (χ1) is 12.2. The summed E-state index contributed by atoms with van der Waals surface area (Å²) in [4.78, 5) is 11.8. The summed E-state index contributed by atoms with van der Waals surface area (Å²) in [5.41, 5.74) is 1.96. The van der Waals surface area contributed by atoms with Gasteiger partial charge in [0, 0.05) is 43.9 Å². The highest BCUT2D eigenvalue weighted by Gasteiger charge is 2.37. The average molecular weight is 343 g/mol. The summed E-state index contributed by atoms with van der Waals surface area (Å²) in [5, 5.41) is 7.58. The average Bonchev–Trinajstić information content (AvgIpc) is 3.20. The third-order valence-electron chi connectivity index (χ3n) is 5.06. The van der Waals surface area contributed by atoms with Gasteiger partial charge < -0.3 is 9.47 Å². The molecular weight excluding hydrogens is 318 g/mol. The number of H-pyrrole nitrogens is 1. The van der Waals surface area contributed by atoms with Crippen LogP contribution in [0.2, 0.25) is 0 Å². The van der Waals surface area contributed by atoms with Crippen molar-refractivity contribution >= 4 is 0 Å². The van der Waals surface area contributed by atoms with Crippen LogP contribution in [0.15, 0.2) is 12.1 Å². The molecule has 134 valence electrons. The maximum atomic E-state index is 5.62. The van der Waals surface area contributed by atoms with Crippen molar-refractivity contribution < 1.29 is 9.47 Å². The van der Waals surface area contributed by atoms with Crippen LogP contribution in [-0.4, -0.2) is 51.9 Å². The fourth-order valence-corrected chi connectivity index (χ4v) is 3.56. The van der Waals surface area contributed by atoms with E-state index in [4.69, 9.17) is 14.5 Å². The van der Waals surface area contributed by atoms with E-state index in [1.165, 1.54) is 12.8 Å². The van der Waals surface area contributed by atoms with Gasteiger partial charge in [0.05, 0.1) is 24.9 Å². The number of hydrogen-bond donors (Lipinski definition) is 1. The fraction of sp³-hybridized carbons (Fsp3) is 0.611. The van der Waals surface area contributed by atoms with Crippen LogP contribution in [0.4, 0.5) is 0 Å². The number of nitrogens with one attached hydrogen (secondary N) is 1. The molecule has 25 heavy (non-hydrogen) atoms. The van der Waals surface area contributed by atoms with Crippen LogP contribution in [0.3, 0.4) is 0 Å². The molecule has 0 spiro atoms. The van der Waals surface area contributed by atoms with Gasteiger partial charge in [0.15, 0.2) is 5.82 Å². The second kappa shape index (κ2) is 6.72. The smallest absolute Gasteiger partial charge is 0.153 e. The topological polar surface area (TPSA) is 76.2 Å². The summed E-state index contributed by atoms with van der Waals surface area (Å²) in [6.07, 6.45) is 3.53. The van der Waals surface area contributed by atoms with Gasteiger partial charge in [-0.05, 0) is 26.2 Å². The molecule has 1 saturated heterocycles. The summed E-state index contributed by atoms with van der Waals surface area (Å²) in [6.45, 7) is 3.59. The molecule has 0 aromatic carbocycles. The SMILES string of the molecule is COc1cc(C)nc(CN2C[C@H](OC)C[C@H]2c2nc(C3CC3)n[nH]2)c1. The van der Waals surface area contributed by atoms with E-state index in [1.807, 2.05) is 19.1 Å². The molecular formula is C18H25N5O2. The van der Waals surface area contributed by atoms with Crippen LogP contribution in [0.1, 0.15) is 54.3 Å². The number of methoxy groups -OCH3 is 2. The molecule has 1 saturated carbocycles. The van der Waals surface area contributed by atoms with Crippen LogP contribution in [0.5, 0.6) is 5.75 Å². The van der Waals surface area contributed by atoms with E-state index in [0.717, 1.165) is 48.3 Å². The summed E-state index contributed by atoms with van der Waals surface area (Å²) in [5.74, 6) is 3.31. The van der Waals surface area contributed by atoms with E-state index < -0.39 is 0 Å². The molecule has 3 heterocycles. The van der Waals surface area contributed by atoms with Gasteiger partial charge in [0.1, 0.15) is 11.6 Å². The van der Waals surface area contributed by atoms with Gasteiger partial charge in [0.2, 0.25) is 0 Å². The monoisotopic (exact) mass is 343 g/mol. The van der Waals surface area contributed by atoms with Crippen LogP contribution in [-0.2, 0) is 11.3 Å². The Balaban J connectivity index is 1.55. The van der Waals surface area contributed by atoms with Gasteiger partial charge in [0.25, 0.3) is 0 Å². The first-order valence-electron chi connectivity index (χ1n) is 8.87. The number of hydrogen-bond acceptors (Lipinski definition) is 6. The number of aromatic amines is 1. The summed E-state index contributed by atoms with van der Waals surface area (Å²) in [6, 6.07) is 4.12. The molecule has 0 unspecified atom stereocenters. The molecule has 1 aliphatic carbocycles. The zero-order valence-electron chi connectivity index (χ0n) is 15.0. The van der Waals surface area contributed by atoms with Crippen molar-refractivity contribution in [2.75, 3.05) is 20.8 Å². The molecule has 1 aliphatic heterocycles. The van der Waals surface area contributed by atoms with E-state index in [0.29, 0.717) is 5.92 Å². The largest absolute Gasteiger partial charge is 0.497 e. The molecule has 0 radical (unpaired) electrons. The highest BCUT2D eigenvalue weighted by Crippen LogP contribution is 2.39. The Kier molecular flexibility index (Phi) is 4.43. The number of rotatable bonds is 6. The number of nitrogens with zero attached hydrogens (tertiary/aromatic N) is 4. The summed E-state index contributed by atoms with van der Waals surface area (Å²) < 4.78 is 11.0. The molecule has 2 atom stereocenters. The molecule has 1 N–H and O–H groups in total. The van der Waals surface area contributed by atoms with Gasteiger partial charge in [-0.2, -0.15) is 5.10 Å². The molecule has 2 aromatic heterocycles. The Labute approximate surface area is 147 Å². The number of aromatic nitrogens is 4. The lowest BCUT2D eigenvalue weighted by Gasteiger charge is -2.22. The highest BCUT2D eigenvalue weighted by atomic mass is 16.5. The van der Waals surface area contributed by atoms with Crippen LogP contribution >= 0.6 is 0 Å². The maximum Gasteiger partial charge on any atom is 0.153 e. The van der Waals surface area contributed by atoms with Crippen LogP contribution in [0.25, 0.3) is 0 Å². The first-order valence-corrected chi connectivity index (χ1v) is 8.87. The van der Waals surface area contributed by atoms with E-state index in [9.17, 15) is 0 Å². The minimum absolute atomic E-state index is 0.179. The van der Waals surface area contributed by atoms with Gasteiger partial charge in [-0.1, -0.05) is 0 Å². The van der Waals surface area contributed by atoms with Gasteiger partial charge in [-0.3, -0.25) is 15.0 Å². The van der Waals surface area contributed by atoms with Crippen molar-refractivity contribution in [3.63, 3.8) is 0 Å². The number of pyridine rings is 1. The van der Waals surface area contributed by atoms with E-state index >= 15 is 0 Å². The van der Waals surface area contributed by atoms with Gasteiger partial charge in [-0.25, -0.2) is 4.98 Å². The third-order valence-corrected chi connectivity index (χ3v) is 5.06. The van der Waals surface area contributed by atoms with Crippen molar-refractivity contribution in [2.45, 2.75) is 50.8 Å². The number of ether oxygens (including phenoxy) is 2. The minimum Gasteiger partial charge on any atom is -0.497 e. The molecule has 4 rings (SSSR count). The molecule has 0 bridgehead atoms. The van der Waals surface area contributed by atoms with Crippen molar-refractivity contribution in [1.29, 1.82) is 0 Å². The predicted octanol–water partition coefficient (Wildman–Crippen LogP) is 2.36. The number of likely N-dealkylation sites (tertiary alicyclic amines) is 1. The molecule has 0 amide bonds. The van der Waals surface area contributed by atoms with E-state index in [2.05, 4.69) is 20.1 Å². The minimum atomic E-state index is 0.179. The molecule has 7 nitrogen and oxygen atoms in total. The van der Waals surface area contributed by atoms with Crippen molar-refractivity contribution in [2.24, 2.45) is 0 Å². The second-order valence-electron chi connectivity index (χ2n) is 7.03. The lowest BCUT2D eigenvalue weighted by atomic mass is 10.2. The fourth-order valence-electron chi connectivity index (χ4n) is 3.56. The zero-order valence-corrected chi connectivity index (χ0v) is 15.0. The van der Waals surface area contributed by atoms with Crippen molar-refractivity contribution in [3.05, 3.63) is 35.2 Å².